The number of carbonyl (C=O) groups excluding carboxylic acids is 1. The minimum atomic E-state index is -1.19. The molecule has 0 aliphatic heterocycles. The van der Waals surface area contributed by atoms with Crippen molar-refractivity contribution < 1.29 is 19.4 Å². The number of aliphatic carboxylic acids is 1. The van der Waals surface area contributed by atoms with Gasteiger partial charge in [-0.25, -0.2) is 0 Å². The van der Waals surface area contributed by atoms with Gasteiger partial charge in [0.05, 0.1) is 6.42 Å². The van der Waals surface area contributed by atoms with E-state index >= 15 is 0 Å². The molecule has 1 rings (SSSR count). The molecule has 0 radical (unpaired) electrons. The Balaban J connectivity index is 2.35. The first-order chi connectivity index (χ1) is 7.59. The van der Waals surface area contributed by atoms with Gasteiger partial charge in [-0.3, -0.25) is 9.59 Å². The molecule has 0 saturated carbocycles. The number of benzene rings is 1. The quantitative estimate of drug-likeness (QED) is 0.695. The lowest BCUT2D eigenvalue weighted by molar-refractivity contribution is -0.147. The van der Waals surface area contributed by atoms with E-state index in [0.717, 1.165) is 5.56 Å². The topological polar surface area (TPSA) is 89.6 Å². The summed E-state index contributed by atoms with van der Waals surface area (Å²) in [5, 5.41) is 8.47. The number of hydrogen-bond donors (Lipinski definition) is 2. The molecule has 1 aromatic carbocycles. The highest BCUT2D eigenvalue weighted by atomic mass is 16.5. The Labute approximate surface area is 92.8 Å². The zero-order valence-electron chi connectivity index (χ0n) is 8.63. The molecule has 1 aromatic rings. The van der Waals surface area contributed by atoms with E-state index in [4.69, 9.17) is 15.6 Å². The Morgan fingerprint density at radius 3 is 2.50 bits per heavy atom. The Hall–Kier alpha value is -1.88. The molecule has 0 fully saturated rings. The van der Waals surface area contributed by atoms with Crippen molar-refractivity contribution in [2.75, 3.05) is 6.61 Å². The molecule has 16 heavy (non-hydrogen) atoms. The standard InChI is InChI=1S/C11H13NO4/c12-9(11(14)15)7-16-10(13)6-8-4-2-1-3-5-8/h1-5,9H,6-7,12H2,(H,14,15)/t9-/m0/s1. The summed E-state index contributed by atoms with van der Waals surface area (Å²) in [6.07, 6.45) is 0.118. The minimum Gasteiger partial charge on any atom is -0.480 e. The third-order valence-electron chi connectivity index (χ3n) is 1.93. The lowest BCUT2D eigenvalue weighted by Crippen LogP contribution is -2.35. The van der Waals surface area contributed by atoms with Crippen LogP contribution in [0, 0.1) is 0 Å². The van der Waals surface area contributed by atoms with Crippen molar-refractivity contribution in [3.8, 4) is 0 Å². The molecular formula is C11H13NO4. The fourth-order valence-electron chi connectivity index (χ4n) is 1.07. The van der Waals surface area contributed by atoms with E-state index in [2.05, 4.69) is 0 Å². The third-order valence-corrected chi connectivity index (χ3v) is 1.93. The summed E-state index contributed by atoms with van der Waals surface area (Å²) in [7, 11) is 0. The summed E-state index contributed by atoms with van der Waals surface area (Å²) in [4.78, 5) is 21.6. The van der Waals surface area contributed by atoms with E-state index in [1.54, 1.807) is 12.1 Å². The van der Waals surface area contributed by atoms with Gasteiger partial charge in [-0.1, -0.05) is 30.3 Å². The molecular weight excluding hydrogens is 210 g/mol. The van der Waals surface area contributed by atoms with Gasteiger partial charge in [-0.2, -0.15) is 0 Å². The van der Waals surface area contributed by atoms with Gasteiger partial charge >= 0.3 is 11.9 Å². The molecule has 0 aliphatic rings. The SMILES string of the molecule is N[C@@H](COC(=O)Cc1ccccc1)C(=O)O. The maximum absolute atomic E-state index is 11.3. The van der Waals surface area contributed by atoms with Gasteiger partial charge in [0, 0.05) is 0 Å². The fraction of sp³-hybridized carbons (Fsp3) is 0.273. The second kappa shape index (κ2) is 5.87. The molecule has 0 unspecified atom stereocenters. The van der Waals surface area contributed by atoms with Crippen LogP contribution in [0.2, 0.25) is 0 Å². The van der Waals surface area contributed by atoms with Crippen molar-refractivity contribution in [3.63, 3.8) is 0 Å². The first-order valence-corrected chi connectivity index (χ1v) is 4.77. The Kier molecular flexibility index (Phi) is 4.47. The zero-order chi connectivity index (χ0) is 12.0. The monoisotopic (exact) mass is 223 g/mol. The van der Waals surface area contributed by atoms with Crippen LogP contribution in [0.4, 0.5) is 0 Å². The fourth-order valence-corrected chi connectivity index (χ4v) is 1.07. The molecule has 0 aliphatic carbocycles. The molecule has 0 heterocycles. The number of carboxylic acids is 1. The Morgan fingerprint density at radius 2 is 1.94 bits per heavy atom. The maximum Gasteiger partial charge on any atom is 0.324 e. The number of carbonyl (C=O) groups is 2. The third kappa shape index (κ3) is 4.10. The molecule has 3 N–H and O–H groups in total. The summed E-state index contributed by atoms with van der Waals surface area (Å²) in [5.74, 6) is -1.67. The molecule has 0 saturated heterocycles. The van der Waals surface area contributed by atoms with Crippen molar-refractivity contribution in [1.82, 2.24) is 0 Å². The van der Waals surface area contributed by atoms with Gasteiger partial charge in [-0.05, 0) is 5.56 Å². The van der Waals surface area contributed by atoms with Crippen LogP contribution in [0.25, 0.3) is 0 Å². The molecule has 0 amide bonds. The molecule has 0 aromatic heterocycles. The first kappa shape index (κ1) is 12.2. The van der Waals surface area contributed by atoms with Crippen LogP contribution >= 0.6 is 0 Å². The number of carboxylic acid groups (broad SMARTS) is 1. The van der Waals surface area contributed by atoms with E-state index in [-0.39, 0.29) is 13.0 Å². The molecule has 86 valence electrons. The lowest BCUT2D eigenvalue weighted by Gasteiger charge is -2.07. The van der Waals surface area contributed by atoms with Crippen molar-refractivity contribution >= 4 is 11.9 Å². The van der Waals surface area contributed by atoms with Gasteiger partial charge in [0.1, 0.15) is 12.6 Å². The van der Waals surface area contributed by atoms with Crippen LogP contribution in [0.5, 0.6) is 0 Å². The van der Waals surface area contributed by atoms with Crippen LogP contribution in [0.1, 0.15) is 5.56 Å². The van der Waals surface area contributed by atoms with E-state index in [1.807, 2.05) is 18.2 Å². The normalized spacial score (nSPS) is 11.8. The summed E-state index contributed by atoms with van der Waals surface area (Å²) in [5.41, 5.74) is 6.00. The lowest BCUT2D eigenvalue weighted by atomic mass is 10.2. The number of rotatable bonds is 5. The van der Waals surface area contributed by atoms with Gasteiger partial charge in [0.2, 0.25) is 0 Å². The Morgan fingerprint density at radius 1 is 1.31 bits per heavy atom. The van der Waals surface area contributed by atoms with Crippen LogP contribution in [-0.2, 0) is 20.7 Å². The van der Waals surface area contributed by atoms with Crippen LogP contribution in [0.3, 0.4) is 0 Å². The van der Waals surface area contributed by atoms with Crippen LogP contribution < -0.4 is 5.73 Å². The predicted octanol–water partition coefficient (Wildman–Crippen LogP) is 0.184. The number of esters is 1. The highest BCUT2D eigenvalue weighted by Gasteiger charge is 2.14. The van der Waals surface area contributed by atoms with Gasteiger partial charge in [-0.15, -0.1) is 0 Å². The minimum absolute atomic E-state index is 0.118. The Bertz CT molecular complexity index is 364. The second-order valence-electron chi connectivity index (χ2n) is 3.29. The number of ether oxygens (including phenoxy) is 1. The van der Waals surface area contributed by atoms with Crippen molar-refractivity contribution in [2.24, 2.45) is 5.73 Å². The first-order valence-electron chi connectivity index (χ1n) is 4.77. The zero-order valence-corrected chi connectivity index (χ0v) is 8.63. The van der Waals surface area contributed by atoms with Crippen LogP contribution in [0.15, 0.2) is 30.3 Å². The van der Waals surface area contributed by atoms with Gasteiger partial charge in [0.15, 0.2) is 0 Å². The molecule has 0 spiro atoms. The van der Waals surface area contributed by atoms with E-state index in [9.17, 15) is 9.59 Å². The highest BCUT2D eigenvalue weighted by molar-refractivity contribution is 5.75. The summed E-state index contributed by atoms with van der Waals surface area (Å²) < 4.78 is 4.72. The second-order valence-corrected chi connectivity index (χ2v) is 3.29. The van der Waals surface area contributed by atoms with Gasteiger partial charge in [0.25, 0.3) is 0 Å². The number of hydrogen-bond acceptors (Lipinski definition) is 4. The molecule has 0 bridgehead atoms. The highest BCUT2D eigenvalue weighted by Crippen LogP contribution is 2.00. The summed E-state index contributed by atoms with van der Waals surface area (Å²) >= 11 is 0. The summed E-state index contributed by atoms with van der Waals surface area (Å²) in [6, 6.07) is 7.88. The largest absolute Gasteiger partial charge is 0.480 e. The number of nitrogens with two attached hydrogens (primary N) is 1. The van der Waals surface area contributed by atoms with Crippen LogP contribution in [-0.4, -0.2) is 29.7 Å². The van der Waals surface area contributed by atoms with E-state index < -0.39 is 18.0 Å². The van der Waals surface area contributed by atoms with Crippen molar-refractivity contribution in [1.29, 1.82) is 0 Å². The smallest absolute Gasteiger partial charge is 0.324 e. The predicted molar refractivity (Wildman–Crippen MR) is 56.7 cm³/mol. The molecule has 5 heteroatoms. The van der Waals surface area contributed by atoms with Crippen molar-refractivity contribution in [3.05, 3.63) is 35.9 Å². The average Bonchev–Trinajstić information content (AvgIpc) is 2.27. The van der Waals surface area contributed by atoms with E-state index in [0.29, 0.717) is 0 Å². The summed E-state index contributed by atoms with van der Waals surface area (Å²) in [6.45, 7) is -0.305. The van der Waals surface area contributed by atoms with E-state index in [1.165, 1.54) is 0 Å². The molecule has 5 nitrogen and oxygen atoms in total. The molecule has 1 atom stereocenters. The maximum atomic E-state index is 11.3. The van der Waals surface area contributed by atoms with Gasteiger partial charge < -0.3 is 15.6 Å². The van der Waals surface area contributed by atoms with Crippen molar-refractivity contribution in [2.45, 2.75) is 12.5 Å². The average molecular weight is 223 g/mol.